The van der Waals surface area contributed by atoms with Gasteiger partial charge in [0.25, 0.3) is 0 Å². The van der Waals surface area contributed by atoms with Gasteiger partial charge in [0.05, 0.1) is 26.0 Å². The van der Waals surface area contributed by atoms with E-state index < -0.39 is 6.85 Å². The first-order valence-electron chi connectivity index (χ1n) is 9.29. The number of hydrogen-bond acceptors (Lipinski definition) is 1. The van der Waals surface area contributed by atoms with Gasteiger partial charge in [-0.05, 0) is 20.7 Å². The van der Waals surface area contributed by atoms with Gasteiger partial charge < -0.3 is 0 Å². The topological polar surface area (TPSA) is 39.8 Å². The molecule has 0 fully saturated rings. The summed E-state index contributed by atoms with van der Waals surface area (Å²) in [7, 11) is 5.88. The molecular formula is C17H23N7+2. The Bertz CT molecular complexity index is 1170. The first kappa shape index (κ1) is 11.7. The summed E-state index contributed by atoms with van der Waals surface area (Å²) < 4.78 is 35.1. The smallest absolute Gasteiger partial charge is 0.259 e. The number of rotatable bonds is 2. The lowest BCUT2D eigenvalue weighted by Gasteiger charge is -2.04. The molecule has 0 aliphatic heterocycles. The molecule has 7 nitrogen and oxygen atoms in total. The fourth-order valence-corrected chi connectivity index (χ4v) is 3.42. The number of hydrogen-bond donors (Lipinski definition) is 0. The molecule has 0 radical (unpaired) electrons. The minimum Gasteiger partial charge on any atom is -0.259 e. The summed E-state index contributed by atoms with van der Waals surface area (Å²) in [5, 5.41) is 0. The second-order valence-electron chi connectivity index (χ2n) is 6.10. The van der Waals surface area contributed by atoms with Crippen LogP contribution in [0, 0.1) is 20.7 Å². The van der Waals surface area contributed by atoms with Gasteiger partial charge in [-0.3, -0.25) is 4.40 Å². The van der Waals surface area contributed by atoms with E-state index in [1.807, 2.05) is 86.5 Å². The van der Waals surface area contributed by atoms with Gasteiger partial charge in [0.1, 0.15) is 11.9 Å². The Morgan fingerprint density at radius 1 is 1.17 bits per heavy atom. The van der Waals surface area contributed by atoms with Gasteiger partial charge >= 0.3 is 11.6 Å². The van der Waals surface area contributed by atoms with Crippen molar-refractivity contribution in [2.75, 3.05) is 0 Å². The molecule has 0 bridgehead atoms. The lowest BCUT2D eigenvalue weighted by atomic mass is 10.3. The molecule has 4 aromatic heterocycles. The average molecular weight is 328 g/mol. The number of fused-ring (bicyclic) bond motifs is 1. The Labute approximate surface area is 144 Å². The van der Waals surface area contributed by atoms with Gasteiger partial charge in [0.2, 0.25) is 5.82 Å². The quantitative estimate of drug-likeness (QED) is 0.503. The molecule has 0 unspecified atom stereocenters. The van der Waals surface area contributed by atoms with Gasteiger partial charge in [0.15, 0.2) is 13.2 Å². The predicted molar refractivity (Wildman–Crippen MR) is 89.4 cm³/mol. The molecule has 4 aromatic rings. The largest absolute Gasteiger partial charge is 0.328 e. The zero-order chi connectivity index (χ0) is 19.7. The van der Waals surface area contributed by atoms with Crippen molar-refractivity contribution < 1.29 is 13.5 Å². The summed E-state index contributed by atoms with van der Waals surface area (Å²) in [5.74, 6) is 2.55. The van der Waals surface area contributed by atoms with Crippen molar-refractivity contribution in [2.45, 2.75) is 20.7 Å². The number of nitrogens with zero attached hydrogens (tertiary/aromatic N) is 7. The summed E-state index contributed by atoms with van der Waals surface area (Å²) in [6.45, 7) is 1.56. The van der Waals surface area contributed by atoms with E-state index in [4.69, 9.17) is 4.11 Å². The van der Waals surface area contributed by atoms with E-state index in [2.05, 4.69) is 4.98 Å². The third-order valence-corrected chi connectivity index (χ3v) is 4.71. The molecule has 0 amide bonds. The molecule has 4 rings (SSSR count). The predicted octanol–water partition coefficient (Wildman–Crippen LogP) is 0.828. The van der Waals surface area contributed by atoms with Crippen LogP contribution in [0.2, 0.25) is 0 Å². The molecule has 0 aliphatic carbocycles. The Balaban J connectivity index is 1.94. The van der Waals surface area contributed by atoms with Crippen molar-refractivity contribution in [1.82, 2.24) is 23.3 Å². The van der Waals surface area contributed by atoms with E-state index in [-0.39, 0.29) is 5.69 Å². The fourth-order valence-electron chi connectivity index (χ4n) is 3.42. The zero-order valence-corrected chi connectivity index (χ0v) is 14.5. The first-order valence-corrected chi connectivity index (χ1v) is 7.79. The Morgan fingerprint density at radius 2 is 1.96 bits per heavy atom. The Morgan fingerprint density at radius 3 is 2.58 bits per heavy atom. The van der Waals surface area contributed by atoms with Crippen molar-refractivity contribution in [3.8, 4) is 11.6 Å². The minimum absolute atomic E-state index is 0.152. The van der Waals surface area contributed by atoms with Gasteiger partial charge in [-0.1, -0.05) is 0 Å². The molecular weight excluding hydrogens is 302 g/mol. The summed E-state index contributed by atoms with van der Waals surface area (Å²) in [6.07, 6.45) is 5.98. The average Bonchev–Trinajstić information content (AvgIpc) is 3.29. The second-order valence-corrected chi connectivity index (χ2v) is 6.10. The van der Waals surface area contributed by atoms with E-state index in [0.29, 0.717) is 11.5 Å². The van der Waals surface area contributed by atoms with Gasteiger partial charge in [-0.15, -0.1) is 14.0 Å². The number of imidazole rings is 2. The molecule has 0 saturated heterocycles. The molecule has 0 spiro atoms. The highest BCUT2D eigenvalue weighted by atomic mass is 15.5. The van der Waals surface area contributed by atoms with E-state index in [0.717, 1.165) is 17.3 Å². The second kappa shape index (κ2) is 4.83. The molecule has 0 saturated carbocycles. The van der Waals surface area contributed by atoms with Crippen LogP contribution in [0.3, 0.4) is 0 Å². The van der Waals surface area contributed by atoms with Crippen LogP contribution in [-0.4, -0.2) is 23.3 Å². The highest BCUT2D eigenvalue weighted by molar-refractivity contribution is 5.46. The molecule has 24 heavy (non-hydrogen) atoms. The monoisotopic (exact) mass is 328 g/mol. The summed E-state index contributed by atoms with van der Waals surface area (Å²) in [6, 6.07) is 4.02. The van der Waals surface area contributed by atoms with Crippen LogP contribution in [0.15, 0.2) is 30.7 Å². The van der Waals surface area contributed by atoms with E-state index in [9.17, 15) is 0 Å². The lowest BCUT2D eigenvalue weighted by molar-refractivity contribution is -0.747. The van der Waals surface area contributed by atoms with Crippen LogP contribution in [0.25, 0.3) is 17.4 Å². The third-order valence-electron chi connectivity index (χ3n) is 4.71. The van der Waals surface area contributed by atoms with Crippen LogP contribution in [0.4, 0.5) is 0 Å². The molecule has 0 aromatic carbocycles. The van der Waals surface area contributed by atoms with Crippen LogP contribution in [0.5, 0.6) is 0 Å². The van der Waals surface area contributed by atoms with Crippen LogP contribution < -0.4 is 9.36 Å². The maximum absolute atomic E-state index is 7.71. The standard InChI is InChI=1S/C17H23N7/c1-12-13(2)24-14(3)16(20(5)17(24)18-12)23-11-8-15(21(23)6)22-10-7-9-19(22)4/h7-11H,1-6H3/q+2/i1D3. The zero-order valence-electron chi connectivity index (χ0n) is 17.5. The van der Waals surface area contributed by atoms with E-state index >= 15 is 0 Å². The number of aromatic nitrogens is 7. The van der Waals surface area contributed by atoms with Gasteiger partial charge in [0, 0.05) is 21.9 Å². The highest BCUT2D eigenvalue weighted by Gasteiger charge is 2.28. The summed E-state index contributed by atoms with van der Waals surface area (Å²) in [5.41, 5.74) is 1.73. The van der Waals surface area contributed by atoms with Crippen molar-refractivity contribution in [3.63, 3.8) is 0 Å². The van der Waals surface area contributed by atoms with Crippen LogP contribution >= 0.6 is 0 Å². The summed E-state index contributed by atoms with van der Waals surface area (Å²) >= 11 is 0. The minimum atomic E-state index is -2.23. The molecule has 0 N–H and O–H groups in total. The van der Waals surface area contributed by atoms with Gasteiger partial charge in [-0.25, -0.2) is 0 Å². The molecule has 0 aliphatic rings. The van der Waals surface area contributed by atoms with E-state index in [1.54, 1.807) is 6.92 Å². The lowest BCUT2D eigenvalue weighted by Crippen LogP contribution is -2.44. The van der Waals surface area contributed by atoms with Crippen molar-refractivity contribution in [1.29, 1.82) is 0 Å². The molecule has 7 heteroatoms. The highest BCUT2D eigenvalue weighted by Crippen LogP contribution is 2.19. The Kier molecular flexibility index (Phi) is 2.35. The SMILES string of the molecule is [2H]C([2H])([2H])c1nc2n(C)c(-[n+]3ccc(-n4ccc[n+]4C)n3C)c(C)n2c1C. The van der Waals surface area contributed by atoms with E-state index in [1.165, 1.54) is 0 Å². The van der Waals surface area contributed by atoms with Crippen molar-refractivity contribution in [3.05, 3.63) is 47.8 Å². The third kappa shape index (κ3) is 1.75. The first-order chi connectivity index (χ1) is 12.6. The maximum atomic E-state index is 7.71. The number of aryl methyl sites for hydroxylation is 5. The van der Waals surface area contributed by atoms with Crippen LogP contribution in [-0.2, 0) is 21.1 Å². The maximum Gasteiger partial charge on any atom is 0.328 e. The molecule has 0 atom stereocenters. The van der Waals surface area contributed by atoms with Crippen molar-refractivity contribution in [2.24, 2.45) is 21.1 Å². The Hall–Kier alpha value is -2.83. The van der Waals surface area contributed by atoms with Crippen LogP contribution in [0.1, 0.15) is 21.2 Å². The molecule has 4 heterocycles. The van der Waals surface area contributed by atoms with Crippen molar-refractivity contribution >= 4 is 5.78 Å². The molecule has 124 valence electrons. The summed E-state index contributed by atoms with van der Waals surface area (Å²) in [4.78, 5) is 4.42. The normalized spacial score (nSPS) is 14.1. The van der Waals surface area contributed by atoms with Gasteiger partial charge in [-0.2, -0.15) is 14.2 Å². The fraction of sp³-hybridized carbons (Fsp3) is 0.353.